The van der Waals surface area contributed by atoms with Crippen molar-refractivity contribution < 1.29 is 19.1 Å². The molecule has 3 heterocycles. The number of hydrogen-bond acceptors (Lipinski definition) is 7. The Morgan fingerprint density at radius 1 is 1.25 bits per heavy atom. The van der Waals surface area contributed by atoms with E-state index in [1.54, 1.807) is 36.1 Å². The lowest BCUT2D eigenvalue weighted by molar-refractivity contribution is -0.148. The predicted molar refractivity (Wildman–Crippen MR) is 117 cm³/mol. The third-order valence-electron chi connectivity index (χ3n) is 5.64. The monoisotopic (exact) mass is 439 g/mol. The van der Waals surface area contributed by atoms with E-state index < -0.39 is 23.3 Å². The molecule has 1 aromatic carbocycles. The number of nitrogens with one attached hydrogen (secondary N) is 3. The van der Waals surface area contributed by atoms with Crippen LogP contribution < -0.4 is 21.1 Å². The van der Waals surface area contributed by atoms with Crippen LogP contribution in [0.3, 0.4) is 0 Å². The number of nitrogens with zero attached hydrogens (tertiary/aromatic N) is 2. The summed E-state index contributed by atoms with van der Waals surface area (Å²) in [5.74, 6) is -2.06. The number of para-hydroxylation sites is 1. The van der Waals surface area contributed by atoms with Gasteiger partial charge in [0.15, 0.2) is 0 Å². The largest absolute Gasteiger partial charge is 0.466 e. The van der Waals surface area contributed by atoms with Crippen molar-refractivity contribution in [2.75, 3.05) is 35.2 Å². The fourth-order valence-corrected chi connectivity index (χ4v) is 4.11. The molecular weight excluding hydrogens is 414 g/mol. The number of benzene rings is 1. The van der Waals surface area contributed by atoms with Gasteiger partial charge in [-0.2, -0.15) is 4.98 Å². The second-order valence-corrected chi connectivity index (χ2v) is 7.85. The minimum absolute atomic E-state index is 0.0754. The molecule has 10 nitrogen and oxygen atoms in total. The zero-order valence-electron chi connectivity index (χ0n) is 17.7. The minimum atomic E-state index is -0.960. The molecule has 0 saturated carbocycles. The molecule has 0 radical (unpaired) electrons. The van der Waals surface area contributed by atoms with Crippen molar-refractivity contribution in [1.29, 1.82) is 0 Å². The van der Waals surface area contributed by atoms with Crippen molar-refractivity contribution in [3.8, 4) is 0 Å². The molecule has 2 aliphatic rings. The van der Waals surface area contributed by atoms with Crippen LogP contribution in [0, 0.1) is 5.92 Å². The molecular formula is C22H25N5O5. The molecule has 2 aliphatic heterocycles. The van der Waals surface area contributed by atoms with Crippen molar-refractivity contribution in [3.63, 3.8) is 0 Å². The zero-order valence-corrected chi connectivity index (χ0v) is 17.7. The van der Waals surface area contributed by atoms with Gasteiger partial charge in [0.25, 0.3) is 5.56 Å². The summed E-state index contributed by atoms with van der Waals surface area (Å²) in [7, 11) is 0. The Morgan fingerprint density at radius 2 is 2.03 bits per heavy atom. The number of anilines is 3. The number of aromatic amines is 1. The van der Waals surface area contributed by atoms with Gasteiger partial charge in [-0.1, -0.05) is 18.2 Å². The number of H-pyrrole nitrogens is 1. The van der Waals surface area contributed by atoms with Crippen LogP contribution in [0.15, 0.2) is 35.1 Å². The number of ether oxygens (including phenoxy) is 1. The number of hydrogen-bond donors (Lipinski definition) is 3. The molecule has 2 amide bonds. The van der Waals surface area contributed by atoms with Gasteiger partial charge < -0.3 is 20.3 Å². The lowest BCUT2D eigenvalue weighted by Crippen LogP contribution is -2.42. The number of amides is 2. The maximum absolute atomic E-state index is 13.0. The van der Waals surface area contributed by atoms with Gasteiger partial charge in [-0.05, 0) is 31.9 Å². The lowest BCUT2D eigenvalue weighted by atomic mass is 9.92. The normalized spacial score (nSPS) is 20.2. The predicted octanol–water partition coefficient (Wildman–Crippen LogP) is 1.61. The Hall–Kier alpha value is -3.69. The van der Waals surface area contributed by atoms with E-state index in [9.17, 15) is 19.2 Å². The van der Waals surface area contributed by atoms with E-state index in [2.05, 4.69) is 20.6 Å². The van der Waals surface area contributed by atoms with Crippen molar-refractivity contribution in [1.82, 2.24) is 9.97 Å². The van der Waals surface area contributed by atoms with Crippen molar-refractivity contribution in [2.24, 2.45) is 5.92 Å². The molecule has 3 N–H and O–H groups in total. The van der Waals surface area contributed by atoms with Crippen LogP contribution in [0.25, 0.3) is 0 Å². The number of carbonyl (C=O) groups excluding carboxylic acids is 3. The van der Waals surface area contributed by atoms with Crippen molar-refractivity contribution in [2.45, 2.75) is 32.1 Å². The van der Waals surface area contributed by atoms with Gasteiger partial charge in [-0.15, -0.1) is 0 Å². The number of aromatic nitrogens is 2. The first-order chi connectivity index (χ1) is 15.5. The summed E-state index contributed by atoms with van der Waals surface area (Å²) in [6.07, 6.45) is 1.28. The second kappa shape index (κ2) is 9.21. The maximum Gasteiger partial charge on any atom is 0.310 e. The van der Waals surface area contributed by atoms with Gasteiger partial charge in [-0.25, -0.2) is 0 Å². The number of esters is 1. The molecule has 2 unspecified atom stereocenters. The highest BCUT2D eigenvalue weighted by Gasteiger charge is 2.36. The van der Waals surface area contributed by atoms with Gasteiger partial charge in [-0.3, -0.25) is 24.2 Å². The second-order valence-electron chi connectivity index (χ2n) is 7.85. The molecule has 2 atom stereocenters. The van der Waals surface area contributed by atoms with Gasteiger partial charge >= 0.3 is 5.97 Å². The topological polar surface area (TPSA) is 133 Å². The molecule has 4 rings (SSSR count). The molecule has 10 heteroatoms. The van der Waals surface area contributed by atoms with Crippen molar-refractivity contribution in [3.05, 3.63) is 46.2 Å². The lowest BCUT2D eigenvalue weighted by Gasteiger charge is -2.32. The van der Waals surface area contributed by atoms with E-state index in [1.165, 1.54) is 0 Å². The van der Waals surface area contributed by atoms with Crippen LogP contribution in [0.4, 0.5) is 17.5 Å². The van der Waals surface area contributed by atoms with Crippen LogP contribution in [-0.2, 0) is 19.1 Å². The van der Waals surface area contributed by atoms with Crippen LogP contribution in [0.5, 0.6) is 0 Å². The Kier molecular flexibility index (Phi) is 6.20. The molecule has 0 aliphatic carbocycles. The highest BCUT2D eigenvalue weighted by atomic mass is 16.5. The SMILES string of the molecule is CCOC(=O)C1CCCN(c2nc3c(c(=O)[nH]2)C(C(=O)Nc2ccccc2)CC(=O)N3)C1. The number of fused-ring (bicyclic) bond motifs is 1. The Labute approximate surface area is 184 Å². The minimum Gasteiger partial charge on any atom is -0.466 e. The van der Waals surface area contributed by atoms with E-state index in [1.807, 2.05) is 6.07 Å². The van der Waals surface area contributed by atoms with E-state index in [0.717, 1.165) is 6.42 Å². The average Bonchev–Trinajstić information content (AvgIpc) is 2.79. The highest BCUT2D eigenvalue weighted by Crippen LogP contribution is 2.31. The first-order valence-electron chi connectivity index (χ1n) is 10.7. The Morgan fingerprint density at radius 3 is 2.78 bits per heavy atom. The van der Waals surface area contributed by atoms with E-state index in [-0.39, 0.29) is 35.6 Å². The molecule has 2 aromatic rings. The number of carbonyl (C=O) groups is 3. The molecule has 1 fully saturated rings. The summed E-state index contributed by atoms with van der Waals surface area (Å²) >= 11 is 0. The molecule has 168 valence electrons. The van der Waals surface area contributed by atoms with Crippen LogP contribution in [0.1, 0.15) is 37.7 Å². The molecule has 1 aromatic heterocycles. The first kappa shape index (κ1) is 21.5. The van der Waals surface area contributed by atoms with Gasteiger partial charge in [0, 0.05) is 25.2 Å². The molecule has 0 bridgehead atoms. The number of piperidine rings is 1. The third kappa shape index (κ3) is 4.48. The molecule has 1 saturated heterocycles. The average molecular weight is 439 g/mol. The van der Waals surface area contributed by atoms with E-state index in [0.29, 0.717) is 31.8 Å². The third-order valence-corrected chi connectivity index (χ3v) is 5.64. The van der Waals surface area contributed by atoms with Gasteiger partial charge in [0.1, 0.15) is 5.82 Å². The highest BCUT2D eigenvalue weighted by molar-refractivity contribution is 6.04. The van der Waals surface area contributed by atoms with Crippen LogP contribution >= 0.6 is 0 Å². The summed E-state index contributed by atoms with van der Waals surface area (Å²) in [4.78, 5) is 59.2. The summed E-state index contributed by atoms with van der Waals surface area (Å²) in [6.45, 7) is 3.02. The van der Waals surface area contributed by atoms with Crippen molar-refractivity contribution >= 4 is 35.2 Å². The fraction of sp³-hybridized carbons (Fsp3) is 0.409. The van der Waals surface area contributed by atoms with Gasteiger partial charge in [0.2, 0.25) is 17.8 Å². The van der Waals surface area contributed by atoms with Crippen LogP contribution in [-0.4, -0.2) is 47.4 Å². The van der Waals surface area contributed by atoms with Crippen LogP contribution in [0.2, 0.25) is 0 Å². The van der Waals surface area contributed by atoms with Gasteiger partial charge in [0.05, 0.1) is 24.0 Å². The zero-order chi connectivity index (χ0) is 22.7. The number of rotatable bonds is 5. The summed E-state index contributed by atoms with van der Waals surface area (Å²) in [5.41, 5.74) is 0.210. The first-order valence-corrected chi connectivity index (χ1v) is 10.7. The fourth-order valence-electron chi connectivity index (χ4n) is 4.11. The summed E-state index contributed by atoms with van der Waals surface area (Å²) in [5, 5.41) is 5.36. The van der Waals surface area contributed by atoms with E-state index in [4.69, 9.17) is 4.74 Å². The maximum atomic E-state index is 13.0. The summed E-state index contributed by atoms with van der Waals surface area (Å²) < 4.78 is 5.12. The smallest absolute Gasteiger partial charge is 0.310 e. The van der Waals surface area contributed by atoms with E-state index >= 15 is 0 Å². The molecule has 32 heavy (non-hydrogen) atoms. The molecule has 0 spiro atoms. The quantitative estimate of drug-likeness (QED) is 0.603. The standard InChI is InChI=1S/C22H25N5O5/c1-2-32-21(31)13-7-6-10-27(12-13)22-25-18-17(20(30)26-22)15(11-16(28)24-18)19(29)23-14-8-4-3-5-9-14/h3-5,8-9,13,15H,2,6-7,10-12H2,1H3,(H,23,29)(H2,24,25,26,28,30). The summed E-state index contributed by atoms with van der Waals surface area (Å²) in [6, 6.07) is 8.83. The Bertz CT molecular complexity index is 1080. The Balaban J connectivity index is 1.60.